The third-order valence-corrected chi connectivity index (χ3v) is 5.86. The second-order valence-electron chi connectivity index (χ2n) is 8.29. The third-order valence-electron chi connectivity index (χ3n) is 5.86. The molecule has 1 aromatic heterocycles. The molecule has 2 aromatic rings. The van der Waals surface area contributed by atoms with Gasteiger partial charge in [-0.25, -0.2) is 0 Å². The van der Waals surface area contributed by atoms with E-state index in [9.17, 15) is 13.5 Å². The Bertz CT molecular complexity index is 1170. The number of aliphatic hydroxyl groups excluding tert-OH is 1. The van der Waals surface area contributed by atoms with Crippen molar-refractivity contribution in [1.82, 2.24) is 4.98 Å². The highest BCUT2D eigenvalue weighted by Gasteiger charge is 2.38. The van der Waals surface area contributed by atoms with Crippen LogP contribution >= 0.6 is 0 Å². The summed E-state index contributed by atoms with van der Waals surface area (Å²) in [5, 5.41) is 10.3. The molecule has 1 aromatic carbocycles. The number of rotatable bonds is 6. The molecule has 3 atom stereocenters. The standard InChI is InChI=1S/C23H28N2O5.CH4O3S/c1-5-30-20-11-15-16-10-13(26)6-8-18(16)24-22(17(15)12-19(20)27-2)14-7-9-21(28-3)25-23(14)29-4;1-5(2,3)4/h7,9,11-13,16,18,26H,5-6,8,10H2,1-4H3;1H3,(H,2,3,4)/t13-,16-,18-;/m1./s1. The van der Waals surface area contributed by atoms with Crippen molar-refractivity contribution in [3.63, 3.8) is 0 Å². The number of nitrogens with zero attached hydrogens (tertiary/aromatic N) is 2. The van der Waals surface area contributed by atoms with E-state index in [2.05, 4.69) is 4.98 Å². The predicted octanol–water partition coefficient (Wildman–Crippen LogP) is 2.86. The van der Waals surface area contributed by atoms with Crippen LogP contribution in [0.2, 0.25) is 0 Å². The Labute approximate surface area is 205 Å². The molecule has 0 bridgehead atoms. The molecular formula is C24H32N2O8S. The van der Waals surface area contributed by atoms with Gasteiger partial charge in [0.2, 0.25) is 11.8 Å². The number of benzene rings is 1. The fourth-order valence-corrected chi connectivity index (χ4v) is 4.46. The molecule has 0 radical (unpaired) electrons. The molecule has 0 spiro atoms. The van der Waals surface area contributed by atoms with Crippen molar-refractivity contribution < 1.29 is 37.0 Å². The smallest absolute Gasteiger partial charge is 0.261 e. The molecule has 4 rings (SSSR count). The summed E-state index contributed by atoms with van der Waals surface area (Å²) in [5.41, 5.74) is 3.69. The monoisotopic (exact) mass is 508 g/mol. The summed E-state index contributed by atoms with van der Waals surface area (Å²) in [6.45, 7) is 2.50. The summed E-state index contributed by atoms with van der Waals surface area (Å²) < 4.78 is 48.1. The van der Waals surface area contributed by atoms with Crippen LogP contribution in [0.15, 0.2) is 29.3 Å². The van der Waals surface area contributed by atoms with E-state index < -0.39 is 10.1 Å². The van der Waals surface area contributed by atoms with Gasteiger partial charge in [0.05, 0.1) is 57.6 Å². The van der Waals surface area contributed by atoms with E-state index >= 15 is 0 Å². The Morgan fingerprint density at radius 1 is 1.03 bits per heavy atom. The summed E-state index contributed by atoms with van der Waals surface area (Å²) in [7, 11) is 1.13. The number of pyridine rings is 1. The third kappa shape index (κ3) is 6.41. The quantitative estimate of drug-likeness (QED) is 0.564. The van der Waals surface area contributed by atoms with Gasteiger partial charge >= 0.3 is 0 Å². The van der Waals surface area contributed by atoms with Gasteiger partial charge in [-0.15, -0.1) is 0 Å². The van der Waals surface area contributed by atoms with Crippen LogP contribution in [0.1, 0.15) is 48.8 Å². The van der Waals surface area contributed by atoms with Gasteiger partial charge < -0.3 is 24.1 Å². The van der Waals surface area contributed by atoms with Crippen molar-refractivity contribution in [3.8, 4) is 23.3 Å². The molecule has 2 N–H and O–H groups in total. The second-order valence-corrected chi connectivity index (χ2v) is 9.75. The van der Waals surface area contributed by atoms with Crippen LogP contribution in [-0.4, -0.2) is 75.1 Å². The average molecular weight is 509 g/mol. The van der Waals surface area contributed by atoms with Crippen LogP contribution in [0.25, 0.3) is 0 Å². The highest BCUT2D eigenvalue weighted by atomic mass is 32.2. The summed E-state index contributed by atoms with van der Waals surface area (Å²) in [6.07, 6.45) is 2.67. The number of fused-ring (bicyclic) bond motifs is 3. The SMILES string of the molecule is CCOc1cc2c(cc1OC)C(c1ccc(OC)nc1OC)=N[C@@H]1CC[C@@H](O)C[C@H]21.CS(=O)(=O)O. The van der Waals surface area contributed by atoms with Crippen molar-refractivity contribution in [2.24, 2.45) is 4.99 Å². The highest BCUT2D eigenvalue weighted by Crippen LogP contribution is 2.45. The van der Waals surface area contributed by atoms with Gasteiger partial charge in [0.1, 0.15) is 0 Å². The first kappa shape index (κ1) is 26.7. The molecule has 35 heavy (non-hydrogen) atoms. The Morgan fingerprint density at radius 3 is 2.34 bits per heavy atom. The molecule has 10 nitrogen and oxygen atoms in total. The van der Waals surface area contributed by atoms with Crippen LogP contribution in [0, 0.1) is 0 Å². The minimum absolute atomic E-state index is 0.0885. The van der Waals surface area contributed by atoms with Crippen molar-refractivity contribution in [1.29, 1.82) is 0 Å². The first-order valence-corrected chi connectivity index (χ1v) is 13.1. The first-order valence-electron chi connectivity index (χ1n) is 11.2. The van der Waals surface area contributed by atoms with Crippen LogP contribution in [0.4, 0.5) is 0 Å². The first-order chi connectivity index (χ1) is 16.6. The Balaban J connectivity index is 0.000000623. The minimum Gasteiger partial charge on any atom is -0.493 e. The largest absolute Gasteiger partial charge is 0.493 e. The molecule has 0 saturated heterocycles. The van der Waals surface area contributed by atoms with Crippen molar-refractivity contribution >= 4 is 15.8 Å². The minimum atomic E-state index is -3.67. The molecule has 1 aliphatic heterocycles. The molecule has 0 unspecified atom stereocenters. The Morgan fingerprint density at radius 2 is 1.74 bits per heavy atom. The van der Waals surface area contributed by atoms with E-state index in [-0.39, 0.29) is 18.1 Å². The molecule has 0 amide bonds. The Kier molecular flexibility index (Phi) is 8.57. The van der Waals surface area contributed by atoms with Gasteiger partial charge in [-0.3, -0.25) is 9.55 Å². The van der Waals surface area contributed by atoms with Crippen molar-refractivity contribution in [2.75, 3.05) is 34.2 Å². The molecule has 2 heterocycles. The van der Waals surface area contributed by atoms with Crippen molar-refractivity contribution in [3.05, 3.63) is 41.0 Å². The van der Waals surface area contributed by atoms with E-state index in [1.54, 1.807) is 21.3 Å². The van der Waals surface area contributed by atoms with Gasteiger partial charge in [0, 0.05) is 17.5 Å². The van der Waals surface area contributed by atoms with Crippen LogP contribution in [0.3, 0.4) is 0 Å². The van der Waals surface area contributed by atoms with Gasteiger partial charge in [-0.2, -0.15) is 13.4 Å². The van der Waals surface area contributed by atoms with Gasteiger partial charge in [0.15, 0.2) is 11.5 Å². The number of methoxy groups -OCH3 is 3. The topological polar surface area (TPSA) is 137 Å². The van der Waals surface area contributed by atoms with Gasteiger partial charge in [-0.1, -0.05) is 0 Å². The average Bonchev–Trinajstić information content (AvgIpc) is 2.82. The normalized spacial score (nSPS) is 20.9. The summed E-state index contributed by atoms with van der Waals surface area (Å²) in [4.78, 5) is 9.56. The molecule has 2 aliphatic rings. The fraction of sp³-hybridized carbons (Fsp3) is 0.500. The second kappa shape index (κ2) is 11.2. The zero-order valence-electron chi connectivity index (χ0n) is 20.5. The van der Waals surface area contributed by atoms with E-state index in [0.717, 1.165) is 35.2 Å². The lowest BCUT2D eigenvalue weighted by molar-refractivity contribution is 0.111. The summed E-state index contributed by atoms with van der Waals surface area (Å²) in [6, 6.07) is 7.84. The molecule has 1 saturated carbocycles. The molecule has 192 valence electrons. The van der Waals surface area contributed by atoms with E-state index in [1.165, 1.54) is 0 Å². The lowest BCUT2D eigenvalue weighted by Gasteiger charge is -2.37. The number of hydrogen-bond donors (Lipinski definition) is 2. The van der Waals surface area contributed by atoms with E-state index in [0.29, 0.717) is 42.5 Å². The van der Waals surface area contributed by atoms with Crippen LogP contribution < -0.4 is 18.9 Å². The maximum Gasteiger partial charge on any atom is 0.261 e. The van der Waals surface area contributed by atoms with Crippen LogP contribution in [-0.2, 0) is 10.1 Å². The summed E-state index contributed by atoms with van der Waals surface area (Å²) >= 11 is 0. The van der Waals surface area contributed by atoms with E-state index in [4.69, 9.17) is 28.5 Å². The van der Waals surface area contributed by atoms with Crippen molar-refractivity contribution in [2.45, 2.75) is 44.2 Å². The molecule has 11 heteroatoms. The van der Waals surface area contributed by atoms with Gasteiger partial charge in [-0.05, 0) is 49.9 Å². The number of aromatic nitrogens is 1. The maximum absolute atomic E-state index is 10.3. The number of hydrogen-bond acceptors (Lipinski definition) is 9. The maximum atomic E-state index is 10.3. The zero-order valence-corrected chi connectivity index (χ0v) is 21.3. The highest BCUT2D eigenvalue weighted by molar-refractivity contribution is 7.85. The fourth-order valence-electron chi connectivity index (χ4n) is 4.46. The lowest BCUT2D eigenvalue weighted by Crippen LogP contribution is -2.34. The predicted molar refractivity (Wildman–Crippen MR) is 131 cm³/mol. The van der Waals surface area contributed by atoms with Crippen LogP contribution in [0.5, 0.6) is 23.3 Å². The number of aliphatic hydroxyl groups is 1. The molecular weight excluding hydrogens is 476 g/mol. The Hall–Kier alpha value is -2.89. The van der Waals surface area contributed by atoms with E-state index in [1.807, 2.05) is 31.2 Å². The van der Waals surface area contributed by atoms with Gasteiger partial charge in [0.25, 0.3) is 10.1 Å². The number of aliphatic imine (C=N–C) groups is 1. The zero-order chi connectivity index (χ0) is 25.8. The molecule has 1 aliphatic carbocycles. The molecule has 1 fully saturated rings. The number of ether oxygens (including phenoxy) is 4. The summed E-state index contributed by atoms with van der Waals surface area (Å²) in [5.74, 6) is 2.43. The lowest BCUT2D eigenvalue weighted by atomic mass is 9.74.